The highest BCUT2D eigenvalue weighted by molar-refractivity contribution is 5.83. The summed E-state index contributed by atoms with van der Waals surface area (Å²) in [5, 5.41) is 3.04. The molecule has 2 aromatic rings. The molecule has 20 heavy (non-hydrogen) atoms. The highest BCUT2D eigenvalue weighted by Crippen LogP contribution is 2.19. The average molecular weight is 270 g/mol. The van der Waals surface area contributed by atoms with E-state index in [1.165, 1.54) is 0 Å². The minimum atomic E-state index is -0.0391. The number of carbonyl (C=O) groups excluding carboxylic acids is 1. The molecular weight excluding hydrogens is 248 g/mol. The molecule has 0 unspecified atom stereocenters. The van der Waals surface area contributed by atoms with Crippen LogP contribution in [0.15, 0.2) is 54.9 Å². The molecule has 0 saturated carbocycles. The van der Waals surface area contributed by atoms with E-state index in [2.05, 4.69) is 16.8 Å². The third kappa shape index (κ3) is 3.98. The first-order chi connectivity index (χ1) is 9.81. The lowest BCUT2D eigenvalue weighted by molar-refractivity contribution is -0.122. The van der Waals surface area contributed by atoms with Crippen molar-refractivity contribution in [2.24, 2.45) is 0 Å². The van der Waals surface area contributed by atoms with Gasteiger partial charge >= 0.3 is 0 Å². The van der Waals surface area contributed by atoms with E-state index in [0.29, 0.717) is 0 Å². The molecule has 0 saturated heterocycles. The van der Waals surface area contributed by atoms with Crippen LogP contribution in [0.1, 0.15) is 31.2 Å². The van der Waals surface area contributed by atoms with Gasteiger partial charge in [0.15, 0.2) is 0 Å². The van der Waals surface area contributed by atoms with Crippen molar-refractivity contribution in [3.05, 3.63) is 60.4 Å². The zero-order valence-corrected chi connectivity index (χ0v) is 12.0. The van der Waals surface area contributed by atoms with Crippen molar-refractivity contribution in [1.29, 1.82) is 0 Å². The predicted octanol–water partition coefficient (Wildman–Crippen LogP) is 3.19. The normalized spacial score (nSPS) is 12.1. The van der Waals surface area contributed by atoms with Gasteiger partial charge in [0.05, 0.1) is 5.92 Å². The van der Waals surface area contributed by atoms with Gasteiger partial charge in [-0.25, -0.2) is 0 Å². The summed E-state index contributed by atoms with van der Waals surface area (Å²) >= 11 is 0. The molecule has 0 fully saturated rings. The van der Waals surface area contributed by atoms with Gasteiger partial charge in [-0.05, 0) is 30.5 Å². The zero-order valence-electron chi connectivity index (χ0n) is 12.0. The fourth-order valence-corrected chi connectivity index (χ4v) is 2.37. The smallest absolute Gasteiger partial charge is 0.227 e. The number of nitrogens with zero attached hydrogens (tertiary/aromatic N) is 1. The monoisotopic (exact) mass is 270 g/mol. The molecule has 1 aromatic heterocycles. The van der Waals surface area contributed by atoms with Gasteiger partial charge in [-0.1, -0.05) is 37.3 Å². The Kier molecular flexibility index (Phi) is 5.42. The van der Waals surface area contributed by atoms with Crippen molar-refractivity contribution in [2.75, 3.05) is 6.54 Å². The van der Waals surface area contributed by atoms with Crippen LogP contribution < -0.4 is 5.32 Å². The lowest BCUT2D eigenvalue weighted by Crippen LogP contribution is -2.30. The summed E-state index contributed by atoms with van der Waals surface area (Å²) in [5.74, 6) is 0.0917. The van der Waals surface area contributed by atoms with E-state index in [0.717, 1.165) is 31.5 Å². The van der Waals surface area contributed by atoms with E-state index in [4.69, 9.17) is 0 Å². The topological polar surface area (TPSA) is 34.0 Å². The van der Waals surface area contributed by atoms with E-state index in [1.807, 2.05) is 54.9 Å². The molecular formula is C17H22N2O. The summed E-state index contributed by atoms with van der Waals surface area (Å²) in [5.41, 5.74) is 1.10. The molecule has 0 aliphatic rings. The van der Waals surface area contributed by atoms with Crippen LogP contribution in [0, 0.1) is 0 Å². The fourth-order valence-electron chi connectivity index (χ4n) is 2.37. The molecule has 1 atom stereocenters. The Bertz CT molecular complexity index is 505. The van der Waals surface area contributed by atoms with Crippen molar-refractivity contribution >= 4 is 5.91 Å². The van der Waals surface area contributed by atoms with Crippen LogP contribution in [0.3, 0.4) is 0 Å². The maximum atomic E-state index is 12.2. The largest absolute Gasteiger partial charge is 0.356 e. The van der Waals surface area contributed by atoms with E-state index < -0.39 is 0 Å². The molecule has 3 heteroatoms. The SMILES string of the molecule is CC[C@H](C(=O)NCCCn1cccc1)c1ccccc1. The third-order valence-corrected chi connectivity index (χ3v) is 3.49. The van der Waals surface area contributed by atoms with Gasteiger partial charge in [-0.3, -0.25) is 4.79 Å². The molecule has 1 aromatic carbocycles. The van der Waals surface area contributed by atoms with Gasteiger partial charge in [0.2, 0.25) is 5.91 Å². The Morgan fingerprint density at radius 2 is 1.85 bits per heavy atom. The third-order valence-electron chi connectivity index (χ3n) is 3.49. The summed E-state index contributed by atoms with van der Waals surface area (Å²) in [6.07, 6.45) is 5.86. The summed E-state index contributed by atoms with van der Waals surface area (Å²) in [6, 6.07) is 14.0. The van der Waals surface area contributed by atoms with E-state index in [1.54, 1.807) is 0 Å². The van der Waals surface area contributed by atoms with Crippen LogP contribution in [0.4, 0.5) is 0 Å². The van der Waals surface area contributed by atoms with Gasteiger partial charge in [0, 0.05) is 25.5 Å². The number of hydrogen-bond donors (Lipinski definition) is 1. The van der Waals surface area contributed by atoms with Crippen molar-refractivity contribution < 1.29 is 4.79 Å². The number of aromatic nitrogens is 1. The van der Waals surface area contributed by atoms with Crippen molar-refractivity contribution in [2.45, 2.75) is 32.2 Å². The second-order valence-electron chi connectivity index (χ2n) is 4.94. The Hall–Kier alpha value is -2.03. The fraction of sp³-hybridized carbons (Fsp3) is 0.353. The first-order valence-corrected chi connectivity index (χ1v) is 7.24. The van der Waals surface area contributed by atoms with E-state index in [-0.39, 0.29) is 11.8 Å². The predicted molar refractivity (Wildman–Crippen MR) is 81.5 cm³/mol. The average Bonchev–Trinajstić information content (AvgIpc) is 2.99. The van der Waals surface area contributed by atoms with E-state index >= 15 is 0 Å². The molecule has 2 rings (SSSR count). The number of benzene rings is 1. The molecule has 1 heterocycles. The van der Waals surface area contributed by atoms with Crippen LogP contribution in [-0.4, -0.2) is 17.0 Å². The summed E-state index contributed by atoms with van der Waals surface area (Å²) in [6.45, 7) is 3.72. The Morgan fingerprint density at radius 3 is 2.50 bits per heavy atom. The number of nitrogens with one attached hydrogen (secondary N) is 1. The van der Waals surface area contributed by atoms with Crippen LogP contribution >= 0.6 is 0 Å². The number of hydrogen-bond acceptors (Lipinski definition) is 1. The Morgan fingerprint density at radius 1 is 1.15 bits per heavy atom. The number of aryl methyl sites for hydroxylation is 1. The quantitative estimate of drug-likeness (QED) is 0.770. The van der Waals surface area contributed by atoms with Crippen LogP contribution in [0.2, 0.25) is 0 Å². The molecule has 1 amide bonds. The minimum absolute atomic E-state index is 0.0391. The second-order valence-corrected chi connectivity index (χ2v) is 4.94. The van der Waals surface area contributed by atoms with Gasteiger partial charge in [0.1, 0.15) is 0 Å². The number of carbonyl (C=O) groups is 1. The lowest BCUT2D eigenvalue weighted by Gasteiger charge is -2.15. The molecule has 3 nitrogen and oxygen atoms in total. The number of rotatable bonds is 7. The Balaban J connectivity index is 1.78. The van der Waals surface area contributed by atoms with Crippen molar-refractivity contribution in [3.8, 4) is 0 Å². The molecule has 0 bridgehead atoms. The highest BCUT2D eigenvalue weighted by Gasteiger charge is 2.17. The highest BCUT2D eigenvalue weighted by atomic mass is 16.1. The number of amides is 1. The standard InChI is InChI=1S/C17H22N2O/c1-2-16(15-9-4-3-5-10-15)17(20)18-11-8-14-19-12-6-7-13-19/h3-7,9-10,12-13,16H,2,8,11,14H2,1H3,(H,18,20)/t16-/m0/s1. The maximum Gasteiger partial charge on any atom is 0.227 e. The van der Waals surface area contributed by atoms with Crippen LogP contribution in [0.5, 0.6) is 0 Å². The van der Waals surface area contributed by atoms with Gasteiger partial charge in [-0.2, -0.15) is 0 Å². The Labute approximate surface area is 120 Å². The second kappa shape index (κ2) is 7.53. The van der Waals surface area contributed by atoms with Gasteiger partial charge in [-0.15, -0.1) is 0 Å². The van der Waals surface area contributed by atoms with E-state index in [9.17, 15) is 4.79 Å². The summed E-state index contributed by atoms with van der Waals surface area (Å²) in [4.78, 5) is 12.2. The molecule has 0 aliphatic heterocycles. The maximum absolute atomic E-state index is 12.2. The molecule has 1 N–H and O–H groups in total. The zero-order chi connectivity index (χ0) is 14.2. The van der Waals surface area contributed by atoms with Gasteiger partial charge in [0.25, 0.3) is 0 Å². The van der Waals surface area contributed by atoms with Gasteiger partial charge < -0.3 is 9.88 Å². The van der Waals surface area contributed by atoms with Crippen molar-refractivity contribution in [3.63, 3.8) is 0 Å². The van der Waals surface area contributed by atoms with Crippen LogP contribution in [-0.2, 0) is 11.3 Å². The lowest BCUT2D eigenvalue weighted by atomic mass is 9.96. The van der Waals surface area contributed by atoms with Crippen molar-refractivity contribution in [1.82, 2.24) is 9.88 Å². The summed E-state index contributed by atoms with van der Waals surface area (Å²) in [7, 11) is 0. The molecule has 106 valence electrons. The van der Waals surface area contributed by atoms with Crippen LogP contribution in [0.25, 0.3) is 0 Å². The first-order valence-electron chi connectivity index (χ1n) is 7.24. The summed E-state index contributed by atoms with van der Waals surface area (Å²) < 4.78 is 2.13. The minimum Gasteiger partial charge on any atom is -0.356 e. The molecule has 0 aliphatic carbocycles. The molecule has 0 radical (unpaired) electrons. The first kappa shape index (κ1) is 14.4. The molecule has 0 spiro atoms.